The molecule has 2 heterocycles. The van der Waals surface area contributed by atoms with Gasteiger partial charge in [-0.2, -0.15) is 0 Å². The summed E-state index contributed by atoms with van der Waals surface area (Å²) in [6.45, 7) is 5.03. The average Bonchev–Trinajstić information content (AvgIpc) is 2.67. The third-order valence-electron chi connectivity index (χ3n) is 4.17. The number of amides is 1. The molecule has 10 heteroatoms. The molecule has 32 heavy (non-hydrogen) atoms. The Morgan fingerprint density at radius 1 is 1.09 bits per heavy atom. The predicted octanol–water partition coefficient (Wildman–Crippen LogP) is 4.18. The summed E-state index contributed by atoms with van der Waals surface area (Å²) in [4.78, 5) is 19.8. The molecule has 3 aromatic rings. The van der Waals surface area contributed by atoms with Crippen LogP contribution in [-0.4, -0.2) is 36.7 Å². The third kappa shape index (κ3) is 6.01. The van der Waals surface area contributed by atoms with Crippen LogP contribution in [0.25, 0.3) is 11.3 Å². The Bertz CT molecular complexity index is 1250. The number of pyridine rings is 2. The van der Waals surface area contributed by atoms with Crippen LogP contribution in [-0.2, 0) is 14.6 Å². The van der Waals surface area contributed by atoms with Crippen molar-refractivity contribution < 1.29 is 22.3 Å². The predicted molar refractivity (Wildman–Crippen MR) is 120 cm³/mol. The van der Waals surface area contributed by atoms with Crippen molar-refractivity contribution in [2.24, 2.45) is 0 Å². The summed E-state index contributed by atoms with van der Waals surface area (Å²) in [5.74, 6) is -0.128. The molecule has 0 aliphatic rings. The Balaban J connectivity index is 2.11. The summed E-state index contributed by atoms with van der Waals surface area (Å²) >= 11 is 0. The highest BCUT2D eigenvalue weighted by Crippen LogP contribution is 2.33. The van der Waals surface area contributed by atoms with E-state index >= 15 is 0 Å². The molecule has 1 amide bonds. The van der Waals surface area contributed by atoms with Crippen LogP contribution >= 0.6 is 0 Å². The van der Waals surface area contributed by atoms with Gasteiger partial charge in [-0.3, -0.25) is 9.78 Å². The van der Waals surface area contributed by atoms with Gasteiger partial charge in [0.2, 0.25) is 5.91 Å². The van der Waals surface area contributed by atoms with Gasteiger partial charge in [-0.15, -0.1) is 0 Å². The molecule has 0 saturated carbocycles. The van der Waals surface area contributed by atoms with Crippen molar-refractivity contribution in [2.75, 3.05) is 16.9 Å². The number of aromatic nitrogens is 2. The van der Waals surface area contributed by atoms with Crippen molar-refractivity contribution in [1.82, 2.24) is 9.97 Å². The fraction of sp³-hybridized carbons (Fsp3) is 0.227. The van der Waals surface area contributed by atoms with Crippen LogP contribution < -0.4 is 15.4 Å². The summed E-state index contributed by atoms with van der Waals surface area (Å²) in [6.07, 6.45) is 3.52. The van der Waals surface area contributed by atoms with Crippen LogP contribution in [0, 0.1) is 5.82 Å². The normalized spacial score (nSPS) is 11.3. The standard InChI is InChI=1S/C22H23FN4O4S/c1-13(2)31-17-7-16(8-18(9-17)32(4,29)30)27-21-10-22(26-14(3)28)25-12-19(21)20-6-5-15(23)11-24-20/h5-13H,1-4H3,(H2,25,26,27,28). The van der Waals surface area contributed by atoms with Gasteiger partial charge in [0, 0.05) is 42.8 Å². The number of ether oxygens (including phenoxy) is 1. The number of nitrogens with one attached hydrogen (secondary N) is 2. The molecule has 0 spiro atoms. The minimum atomic E-state index is -3.51. The number of halogens is 1. The Morgan fingerprint density at radius 2 is 1.84 bits per heavy atom. The molecule has 0 aliphatic carbocycles. The number of sulfone groups is 1. The number of carbonyl (C=O) groups excluding carboxylic acids is 1. The first kappa shape index (κ1) is 23.1. The van der Waals surface area contributed by atoms with Gasteiger partial charge in [0.25, 0.3) is 0 Å². The van der Waals surface area contributed by atoms with Crippen molar-refractivity contribution in [1.29, 1.82) is 0 Å². The average molecular weight is 459 g/mol. The van der Waals surface area contributed by atoms with E-state index in [4.69, 9.17) is 4.74 Å². The number of carbonyl (C=O) groups is 1. The number of hydrogen-bond donors (Lipinski definition) is 2. The van der Waals surface area contributed by atoms with E-state index in [0.29, 0.717) is 28.4 Å². The van der Waals surface area contributed by atoms with Gasteiger partial charge in [0.1, 0.15) is 17.4 Å². The topological polar surface area (TPSA) is 110 Å². The van der Waals surface area contributed by atoms with Crippen molar-refractivity contribution in [3.63, 3.8) is 0 Å². The van der Waals surface area contributed by atoms with Gasteiger partial charge >= 0.3 is 0 Å². The fourth-order valence-electron chi connectivity index (χ4n) is 2.90. The highest BCUT2D eigenvalue weighted by molar-refractivity contribution is 7.90. The molecule has 2 N–H and O–H groups in total. The first-order valence-corrected chi connectivity index (χ1v) is 11.6. The van der Waals surface area contributed by atoms with Gasteiger partial charge in [-0.1, -0.05) is 0 Å². The lowest BCUT2D eigenvalue weighted by Crippen LogP contribution is -2.09. The zero-order valence-electron chi connectivity index (χ0n) is 18.0. The molecule has 168 valence electrons. The van der Waals surface area contributed by atoms with Crippen molar-refractivity contribution >= 4 is 32.9 Å². The fourth-order valence-corrected chi connectivity index (χ4v) is 3.57. The Hall–Kier alpha value is -3.53. The van der Waals surface area contributed by atoms with Crippen LogP contribution in [0.1, 0.15) is 20.8 Å². The van der Waals surface area contributed by atoms with Crippen LogP contribution in [0.5, 0.6) is 5.75 Å². The molecule has 2 aromatic heterocycles. The minimum Gasteiger partial charge on any atom is -0.491 e. The second kappa shape index (κ2) is 9.31. The lowest BCUT2D eigenvalue weighted by atomic mass is 10.1. The number of benzene rings is 1. The van der Waals surface area contributed by atoms with Gasteiger partial charge in [-0.25, -0.2) is 17.8 Å². The van der Waals surface area contributed by atoms with E-state index in [1.54, 1.807) is 12.1 Å². The number of anilines is 3. The summed E-state index contributed by atoms with van der Waals surface area (Å²) in [5.41, 5.74) is 1.87. The molecule has 0 aliphatic heterocycles. The SMILES string of the molecule is CC(=O)Nc1cc(Nc2cc(OC(C)C)cc(S(C)(=O)=O)c2)c(-c2ccc(F)cn2)cn1. The summed E-state index contributed by atoms with van der Waals surface area (Å²) in [7, 11) is -3.51. The van der Waals surface area contributed by atoms with E-state index in [2.05, 4.69) is 20.6 Å². The largest absolute Gasteiger partial charge is 0.491 e. The number of nitrogens with zero attached hydrogens (tertiary/aromatic N) is 2. The van der Waals surface area contributed by atoms with Crippen molar-refractivity contribution in [3.05, 3.63) is 54.6 Å². The van der Waals surface area contributed by atoms with Crippen LogP contribution in [0.3, 0.4) is 0 Å². The van der Waals surface area contributed by atoms with E-state index in [-0.39, 0.29) is 22.7 Å². The third-order valence-corrected chi connectivity index (χ3v) is 5.26. The monoisotopic (exact) mass is 458 g/mol. The summed E-state index contributed by atoms with van der Waals surface area (Å²) in [6, 6.07) is 8.94. The van der Waals surface area contributed by atoms with E-state index in [0.717, 1.165) is 12.5 Å². The maximum absolute atomic E-state index is 13.4. The van der Waals surface area contributed by atoms with Crippen molar-refractivity contribution in [2.45, 2.75) is 31.8 Å². The molecule has 0 radical (unpaired) electrons. The Morgan fingerprint density at radius 3 is 2.44 bits per heavy atom. The number of hydrogen-bond acceptors (Lipinski definition) is 7. The van der Waals surface area contributed by atoms with Gasteiger partial charge < -0.3 is 15.4 Å². The quantitative estimate of drug-likeness (QED) is 0.547. The Kier molecular flexibility index (Phi) is 6.73. The van der Waals surface area contributed by atoms with E-state index in [1.807, 2.05) is 13.8 Å². The second-order valence-corrected chi connectivity index (χ2v) is 9.43. The lowest BCUT2D eigenvalue weighted by molar-refractivity contribution is -0.114. The molecule has 0 atom stereocenters. The first-order valence-electron chi connectivity index (χ1n) is 9.69. The zero-order chi connectivity index (χ0) is 23.5. The molecule has 0 fully saturated rings. The minimum absolute atomic E-state index is 0.0794. The molecule has 1 aromatic carbocycles. The van der Waals surface area contributed by atoms with E-state index in [1.165, 1.54) is 37.4 Å². The van der Waals surface area contributed by atoms with E-state index in [9.17, 15) is 17.6 Å². The highest BCUT2D eigenvalue weighted by Gasteiger charge is 2.15. The maximum Gasteiger partial charge on any atom is 0.222 e. The van der Waals surface area contributed by atoms with Gasteiger partial charge in [0.05, 0.1) is 28.6 Å². The molecule has 0 saturated heterocycles. The lowest BCUT2D eigenvalue weighted by Gasteiger charge is -2.16. The van der Waals surface area contributed by atoms with E-state index < -0.39 is 15.7 Å². The highest BCUT2D eigenvalue weighted by atomic mass is 32.2. The van der Waals surface area contributed by atoms with Gasteiger partial charge in [0.15, 0.2) is 9.84 Å². The summed E-state index contributed by atoms with van der Waals surface area (Å²) < 4.78 is 43.4. The summed E-state index contributed by atoms with van der Waals surface area (Å²) in [5, 5.41) is 5.76. The Labute approximate surface area is 185 Å². The van der Waals surface area contributed by atoms with Crippen LogP contribution in [0.2, 0.25) is 0 Å². The zero-order valence-corrected chi connectivity index (χ0v) is 18.8. The molecule has 0 unspecified atom stereocenters. The first-order chi connectivity index (χ1) is 15.0. The maximum atomic E-state index is 13.4. The number of rotatable bonds is 7. The van der Waals surface area contributed by atoms with Crippen molar-refractivity contribution in [3.8, 4) is 17.0 Å². The van der Waals surface area contributed by atoms with Crippen LogP contribution in [0.4, 0.5) is 21.6 Å². The molecule has 8 nitrogen and oxygen atoms in total. The molecule has 0 bridgehead atoms. The molecule has 3 rings (SSSR count). The van der Waals surface area contributed by atoms with Crippen LogP contribution in [0.15, 0.2) is 53.7 Å². The molecular formula is C22H23FN4O4S. The van der Waals surface area contributed by atoms with Gasteiger partial charge in [-0.05, 0) is 38.1 Å². The molecular weight excluding hydrogens is 435 g/mol. The second-order valence-electron chi connectivity index (χ2n) is 7.41. The smallest absolute Gasteiger partial charge is 0.222 e.